The zero-order valence-corrected chi connectivity index (χ0v) is 6.14. The molecule has 1 rings (SSSR count). The topological polar surface area (TPSA) is 112 Å². The molecular formula is C6H9N3O3. The van der Waals surface area contributed by atoms with Gasteiger partial charge in [0.1, 0.15) is 12.1 Å². The summed E-state index contributed by atoms with van der Waals surface area (Å²) < 4.78 is 0. The maximum Gasteiger partial charge on any atom is 0.323 e. The van der Waals surface area contributed by atoms with Gasteiger partial charge in [0.25, 0.3) is 0 Å². The van der Waals surface area contributed by atoms with Crippen LogP contribution in [0.1, 0.15) is 11.8 Å². The number of H-pyrrole nitrogens is 1. The molecule has 0 unspecified atom stereocenters. The standard InChI is InChI=1S/C6H9N3O3/c7-4(6(11)12)5(10)3-1-8-2-9-3/h1-2,4-5,10H,7H2,(H,8,9)(H,11,12)/t4-,5-/m1/s1. The Labute approximate surface area is 68.0 Å². The summed E-state index contributed by atoms with van der Waals surface area (Å²) in [6.07, 6.45) is 1.47. The van der Waals surface area contributed by atoms with Crippen molar-refractivity contribution in [2.24, 2.45) is 5.73 Å². The van der Waals surface area contributed by atoms with Gasteiger partial charge in [-0.2, -0.15) is 0 Å². The third-order valence-electron chi connectivity index (χ3n) is 1.45. The summed E-state index contributed by atoms with van der Waals surface area (Å²) in [5, 5.41) is 17.7. The van der Waals surface area contributed by atoms with E-state index in [0.29, 0.717) is 0 Å². The van der Waals surface area contributed by atoms with Crippen molar-refractivity contribution in [1.29, 1.82) is 0 Å². The molecule has 66 valence electrons. The highest BCUT2D eigenvalue weighted by Gasteiger charge is 2.24. The first-order valence-electron chi connectivity index (χ1n) is 3.28. The SMILES string of the molecule is N[C@@H](C(=O)O)[C@H](O)c1c[nH]cn1. The Morgan fingerprint density at radius 1 is 1.75 bits per heavy atom. The van der Waals surface area contributed by atoms with Gasteiger partial charge >= 0.3 is 5.97 Å². The van der Waals surface area contributed by atoms with Crippen molar-refractivity contribution in [3.8, 4) is 0 Å². The van der Waals surface area contributed by atoms with Crippen molar-refractivity contribution >= 4 is 5.97 Å². The first-order chi connectivity index (χ1) is 5.63. The smallest absolute Gasteiger partial charge is 0.323 e. The van der Waals surface area contributed by atoms with Crippen LogP contribution in [0.25, 0.3) is 0 Å². The van der Waals surface area contributed by atoms with E-state index in [9.17, 15) is 9.90 Å². The van der Waals surface area contributed by atoms with Gasteiger partial charge in [-0.15, -0.1) is 0 Å². The van der Waals surface area contributed by atoms with E-state index in [1.165, 1.54) is 12.5 Å². The Morgan fingerprint density at radius 3 is 2.83 bits per heavy atom. The minimum atomic E-state index is -1.34. The number of aliphatic hydroxyl groups excluding tert-OH is 1. The van der Waals surface area contributed by atoms with Crippen molar-refractivity contribution in [3.05, 3.63) is 18.2 Å². The minimum Gasteiger partial charge on any atom is -0.480 e. The molecule has 0 spiro atoms. The van der Waals surface area contributed by atoms with E-state index in [0.717, 1.165) is 0 Å². The van der Waals surface area contributed by atoms with Gasteiger partial charge in [-0.25, -0.2) is 4.98 Å². The summed E-state index contributed by atoms with van der Waals surface area (Å²) in [6, 6.07) is -1.34. The molecule has 0 radical (unpaired) electrons. The minimum absolute atomic E-state index is 0.227. The van der Waals surface area contributed by atoms with E-state index >= 15 is 0 Å². The third-order valence-corrected chi connectivity index (χ3v) is 1.45. The van der Waals surface area contributed by atoms with Gasteiger partial charge in [0.15, 0.2) is 0 Å². The van der Waals surface area contributed by atoms with Crippen LogP contribution >= 0.6 is 0 Å². The van der Waals surface area contributed by atoms with Crippen LogP contribution in [0.2, 0.25) is 0 Å². The Balaban J connectivity index is 2.71. The van der Waals surface area contributed by atoms with E-state index in [1.807, 2.05) is 0 Å². The molecule has 5 N–H and O–H groups in total. The Morgan fingerprint density at radius 2 is 2.42 bits per heavy atom. The lowest BCUT2D eigenvalue weighted by molar-refractivity contribution is -0.141. The molecule has 0 bridgehead atoms. The van der Waals surface area contributed by atoms with E-state index < -0.39 is 18.1 Å². The molecule has 0 amide bonds. The van der Waals surface area contributed by atoms with E-state index in [-0.39, 0.29) is 5.69 Å². The second-order valence-corrected chi connectivity index (χ2v) is 2.30. The fraction of sp³-hybridized carbons (Fsp3) is 0.333. The number of aliphatic hydroxyl groups is 1. The molecule has 0 aliphatic heterocycles. The highest BCUT2D eigenvalue weighted by molar-refractivity contribution is 5.74. The van der Waals surface area contributed by atoms with Gasteiger partial charge < -0.3 is 20.9 Å². The molecular weight excluding hydrogens is 162 g/mol. The molecule has 0 aliphatic rings. The number of aromatic amines is 1. The number of carboxylic acid groups (broad SMARTS) is 1. The second kappa shape index (κ2) is 3.33. The van der Waals surface area contributed by atoms with Crippen LogP contribution in [0.3, 0.4) is 0 Å². The van der Waals surface area contributed by atoms with Gasteiger partial charge in [-0.1, -0.05) is 0 Å². The van der Waals surface area contributed by atoms with Crippen LogP contribution in [0.15, 0.2) is 12.5 Å². The van der Waals surface area contributed by atoms with Gasteiger partial charge in [-0.3, -0.25) is 4.79 Å². The molecule has 1 heterocycles. The summed E-state index contributed by atoms with van der Waals surface area (Å²) in [7, 11) is 0. The van der Waals surface area contributed by atoms with Gasteiger partial charge in [-0.05, 0) is 0 Å². The molecule has 2 atom stereocenters. The fourth-order valence-electron chi connectivity index (χ4n) is 0.752. The van der Waals surface area contributed by atoms with Crippen molar-refractivity contribution in [1.82, 2.24) is 9.97 Å². The van der Waals surface area contributed by atoms with Crippen LogP contribution in [0.4, 0.5) is 0 Å². The number of nitrogens with zero attached hydrogens (tertiary/aromatic N) is 1. The Hall–Kier alpha value is -1.40. The predicted molar refractivity (Wildman–Crippen MR) is 39.2 cm³/mol. The fourth-order valence-corrected chi connectivity index (χ4v) is 0.752. The van der Waals surface area contributed by atoms with Crippen LogP contribution in [0, 0.1) is 0 Å². The van der Waals surface area contributed by atoms with Gasteiger partial charge in [0, 0.05) is 6.20 Å². The van der Waals surface area contributed by atoms with E-state index in [1.54, 1.807) is 0 Å². The van der Waals surface area contributed by atoms with E-state index in [4.69, 9.17) is 10.8 Å². The van der Waals surface area contributed by atoms with Crippen LogP contribution in [-0.4, -0.2) is 32.2 Å². The highest BCUT2D eigenvalue weighted by atomic mass is 16.4. The predicted octanol–water partition coefficient (Wildman–Crippen LogP) is -1.15. The molecule has 0 aromatic carbocycles. The zero-order chi connectivity index (χ0) is 9.14. The zero-order valence-electron chi connectivity index (χ0n) is 6.14. The van der Waals surface area contributed by atoms with Crippen molar-refractivity contribution in [3.63, 3.8) is 0 Å². The third kappa shape index (κ3) is 1.60. The first kappa shape index (κ1) is 8.69. The van der Waals surface area contributed by atoms with Gasteiger partial charge in [0.05, 0.1) is 12.0 Å². The molecule has 1 aromatic rings. The monoisotopic (exact) mass is 171 g/mol. The number of rotatable bonds is 3. The number of nitrogens with two attached hydrogens (primary N) is 1. The molecule has 12 heavy (non-hydrogen) atoms. The molecule has 0 aliphatic carbocycles. The van der Waals surface area contributed by atoms with E-state index in [2.05, 4.69) is 9.97 Å². The molecule has 6 nitrogen and oxygen atoms in total. The number of hydrogen-bond donors (Lipinski definition) is 4. The number of aromatic nitrogens is 2. The molecule has 1 aromatic heterocycles. The van der Waals surface area contributed by atoms with Crippen LogP contribution in [0.5, 0.6) is 0 Å². The average molecular weight is 171 g/mol. The number of carboxylic acids is 1. The van der Waals surface area contributed by atoms with Gasteiger partial charge in [0.2, 0.25) is 0 Å². The molecule has 0 saturated carbocycles. The number of imidazole rings is 1. The largest absolute Gasteiger partial charge is 0.480 e. The molecule has 0 fully saturated rings. The average Bonchev–Trinajstić information content (AvgIpc) is 2.53. The molecule has 0 saturated heterocycles. The van der Waals surface area contributed by atoms with Crippen LogP contribution in [-0.2, 0) is 4.79 Å². The lowest BCUT2D eigenvalue weighted by Crippen LogP contribution is -2.36. The Kier molecular flexibility index (Phi) is 2.41. The maximum atomic E-state index is 10.3. The quantitative estimate of drug-likeness (QED) is 0.459. The summed E-state index contributed by atoms with van der Waals surface area (Å²) >= 11 is 0. The lowest BCUT2D eigenvalue weighted by Gasteiger charge is -2.11. The molecule has 6 heteroatoms. The maximum absolute atomic E-state index is 10.3. The van der Waals surface area contributed by atoms with Crippen molar-refractivity contribution < 1.29 is 15.0 Å². The summed E-state index contributed by atoms with van der Waals surface area (Å²) in [6.45, 7) is 0. The van der Waals surface area contributed by atoms with Crippen LogP contribution < -0.4 is 5.73 Å². The second-order valence-electron chi connectivity index (χ2n) is 2.30. The van der Waals surface area contributed by atoms with Crippen molar-refractivity contribution in [2.75, 3.05) is 0 Å². The normalized spacial score (nSPS) is 15.5. The number of aliphatic carboxylic acids is 1. The Bertz CT molecular complexity index is 259. The summed E-state index contributed by atoms with van der Waals surface area (Å²) in [4.78, 5) is 16.6. The summed E-state index contributed by atoms with van der Waals surface area (Å²) in [5.74, 6) is -1.26. The number of carbonyl (C=O) groups is 1. The van der Waals surface area contributed by atoms with Crippen molar-refractivity contribution in [2.45, 2.75) is 12.1 Å². The lowest BCUT2D eigenvalue weighted by atomic mass is 10.1. The summed E-state index contributed by atoms with van der Waals surface area (Å²) in [5.41, 5.74) is 5.37. The highest BCUT2D eigenvalue weighted by Crippen LogP contribution is 2.11. The number of nitrogens with one attached hydrogen (secondary N) is 1. The number of hydrogen-bond acceptors (Lipinski definition) is 4. The first-order valence-corrected chi connectivity index (χ1v) is 3.28.